The molecular formula is C9H17N. The minimum Gasteiger partial charge on any atom is -0.330 e. The molecular weight excluding hydrogens is 122 g/mol. The highest BCUT2D eigenvalue weighted by atomic mass is 14.6. The number of hydrogen-bond donors (Lipinski definition) is 1. The van der Waals surface area contributed by atoms with Gasteiger partial charge in [-0.25, -0.2) is 0 Å². The van der Waals surface area contributed by atoms with Gasteiger partial charge >= 0.3 is 0 Å². The molecule has 2 fully saturated rings. The Bertz CT molecular complexity index is 129. The lowest BCUT2D eigenvalue weighted by atomic mass is 9.76. The fourth-order valence-electron chi connectivity index (χ4n) is 2.85. The van der Waals surface area contributed by atoms with Crippen LogP contribution in [0.3, 0.4) is 0 Å². The molecule has 10 heavy (non-hydrogen) atoms. The average Bonchev–Trinajstić information content (AvgIpc) is 2.29. The van der Waals surface area contributed by atoms with Gasteiger partial charge in [-0.3, -0.25) is 0 Å². The standard InChI is InChI=1S/C9H17N/c10-7-9-4-1-2-8(6-9)3-5-9/h8H,1-7,10H2. The lowest BCUT2D eigenvalue weighted by molar-refractivity contribution is 0.220. The van der Waals surface area contributed by atoms with Gasteiger partial charge in [0.15, 0.2) is 0 Å². The molecule has 0 aromatic heterocycles. The van der Waals surface area contributed by atoms with E-state index in [4.69, 9.17) is 5.73 Å². The van der Waals surface area contributed by atoms with Crippen LogP contribution in [0.2, 0.25) is 0 Å². The van der Waals surface area contributed by atoms with Crippen LogP contribution in [0.4, 0.5) is 0 Å². The van der Waals surface area contributed by atoms with Gasteiger partial charge in [0, 0.05) is 0 Å². The van der Waals surface area contributed by atoms with Crippen LogP contribution in [0.15, 0.2) is 0 Å². The fraction of sp³-hybridized carbons (Fsp3) is 1.00. The van der Waals surface area contributed by atoms with Gasteiger partial charge in [0.1, 0.15) is 0 Å². The molecule has 2 saturated carbocycles. The molecule has 2 aliphatic rings. The van der Waals surface area contributed by atoms with Gasteiger partial charge in [0.25, 0.3) is 0 Å². The first-order valence-electron chi connectivity index (χ1n) is 4.55. The van der Waals surface area contributed by atoms with Crippen LogP contribution < -0.4 is 5.73 Å². The van der Waals surface area contributed by atoms with E-state index in [1.165, 1.54) is 38.5 Å². The van der Waals surface area contributed by atoms with Crippen molar-refractivity contribution in [3.8, 4) is 0 Å². The number of nitrogens with two attached hydrogens (primary N) is 1. The molecule has 0 aromatic carbocycles. The molecule has 0 aromatic rings. The zero-order chi connectivity index (χ0) is 7.03. The van der Waals surface area contributed by atoms with E-state index < -0.39 is 0 Å². The Morgan fingerprint density at radius 3 is 2.90 bits per heavy atom. The first-order chi connectivity index (χ1) is 4.85. The molecule has 0 spiro atoms. The molecule has 2 bridgehead atoms. The van der Waals surface area contributed by atoms with Crippen LogP contribution in [0.5, 0.6) is 0 Å². The second kappa shape index (κ2) is 2.23. The highest BCUT2D eigenvalue weighted by Gasteiger charge is 2.40. The molecule has 0 radical (unpaired) electrons. The third-order valence-electron chi connectivity index (χ3n) is 3.56. The molecule has 1 heteroatoms. The van der Waals surface area contributed by atoms with Crippen molar-refractivity contribution < 1.29 is 0 Å². The summed E-state index contributed by atoms with van der Waals surface area (Å²) < 4.78 is 0. The summed E-state index contributed by atoms with van der Waals surface area (Å²) in [6, 6.07) is 0. The number of rotatable bonds is 1. The molecule has 1 nitrogen and oxygen atoms in total. The summed E-state index contributed by atoms with van der Waals surface area (Å²) in [5.74, 6) is 1.05. The average molecular weight is 139 g/mol. The summed E-state index contributed by atoms with van der Waals surface area (Å²) in [6.45, 7) is 0.948. The highest BCUT2D eigenvalue weighted by molar-refractivity contribution is 4.93. The molecule has 2 aliphatic carbocycles. The first kappa shape index (κ1) is 6.66. The van der Waals surface area contributed by atoms with E-state index in [0.29, 0.717) is 5.41 Å². The van der Waals surface area contributed by atoms with Crippen molar-refractivity contribution in [2.24, 2.45) is 17.1 Å². The number of fused-ring (bicyclic) bond motifs is 2. The minimum absolute atomic E-state index is 0.614. The van der Waals surface area contributed by atoms with Crippen molar-refractivity contribution in [3.63, 3.8) is 0 Å². The topological polar surface area (TPSA) is 26.0 Å². The van der Waals surface area contributed by atoms with Crippen molar-refractivity contribution in [3.05, 3.63) is 0 Å². The predicted octanol–water partition coefficient (Wildman–Crippen LogP) is 1.92. The third-order valence-corrected chi connectivity index (χ3v) is 3.56. The Balaban J connectivity index is 2.10. The van der Waals surface area contributed by atoms with Crippen LogP contribution in [-0.2, 0) is 0 Å². The minimum atomic E-state index is 0.614. The van der Waals surface area contributed by atoms with Crippen LogP contribution in [0, 0.1) is 11.3 Å². The highest BCUT2D eigenvalue weighted by Crippen LogP contribution is 2.50. The molecule has 2 N–H and O–H groups in total. The normalized spacial score (nSPS) is 45.9. The van der Waals surface area contributed by atoms with Gasteiger partial charge in [-0.05, 0) is 43.6 Å². The van der Waals surface area contributed by atoms with E-state index in [1.54, 1.807) is 0 Å². The Labute approximate surface area is 63.0 Å². The molecule has 0 saturated heterocycles. The van der Waals surface area contributed by atoms with Gasteiger partial charge in [-0.1, -0.05) is 12.8 Å². The van der Waals surface area contributed by atoms with E-state index in [1.807, 2.05) is 0 Å². The smallest absolute Gasteiger partial charge is 0.00204 e. The van der Waals surface area contributed by atoms with E-state index in [-0.39, 0.29) is 0 Å². The molecule has 0 heterocycles. The molecule has 58 valence electrons. The first-order valence-corrected chi connectivity index (χ1v) is 4.55. The quantitative estimate of drug-likeness (QED) is 0.590. The second-order valence-corrected chi connectivity index (χ2v) is 4.21. The molecule has 2 unspecified atom stereocenters. The zero-order valence-corrected chi connectivity index (χ0v) is 6.60. The van der Waals surface area contributed by atoms with Crippen LogP contribution >= 0.6 is 0 Å². The Kier molecular flexibility index (Phi) is 1.48. The van der Waals surface area contributed by atoms with Gasteiger partial charge < -0.3 is 5.73 Å². The summed E-state index contributed by atoms with van der Waals surface area (Å²) in [7, 11) is 0. The largest absolute Gasteiger partial charge is 0.330 e. The Morgan fingerprint density at radius 2 is 2.20 bits per heavy atom. The maximum Gasteiger partial charge on any atom is -0.00204 e. The second-order valence-electron chi connectivity index (χ2n) is 4.21. The Hall–Kier alpha value is -0.0400. The fourth-order valence-corrected chi connectivity index (χ4v) is 2.85. The third kappa shape index (κ3) is 0.878. The maximum atomic E-state index is 5.78. The van der Waals surface area contributed by atoms with Crippen molar-refractivity contribution in [1.29, 1.82) is 0 Å². The van der Waals surface area contributed by atoms with E-state index in [9.17, 15) is 0 Å². The van der Waals surface area contributed by atoms with Crippen LogP contribution in [-0.4, -0.2) is 6.54 Å². The zero-order valence-electron chi connectivity index (χ0n) is 6.60. The van der Waals surface area contributed by atoms with Gasteiger partial charge in [-0.2, -0.15) is 0 Å². The van der Waals surface area contributed by atoms with E-state index in [0.717, 1.165) is 12.5 Å². The summed E-state index contributed by atoms with van der Waals surface area (Å²) in [5.41, 5.74) is 6.39. The van der Waals surface area contributed by atoms with Crippen molar-refractivity contribution in [2.45, 2.75) is 38.5 Å². The van der Waals surface area contributed by atoms with Crippen LogP contribution in [0.1, 0.15) is 38.5 Å². The Morgan fingerprint density at radius 1 is 1.30 bits per heavy atom. The van der Waals surface area contributed by atoms with E-state index in [2.05, 4.69) is 0 Å². The molecule has 0 amide bonds. The summed E-state index contributed by atoms with van der Waals surface area (Å²) in [6.07, 6.45) is 8.69. The summed E-state index contributed by atoms with van der Waals surface area (Å²) in [4.78, 5) is 0. The summed E-state index contributed by atoms with van der Waals surface area (Å²) >= 11 is 0. The maximum absolute atomic E-state index is 5.78. The lowest BCUT2D eigenvalue weighted by Crippen LogP contribution is -2.29. The van der Waals surface area contributed by atoms with Gasteiger partial charge in [0.05, 0.1) is 0 Å². The predicted molar refractivity (Wildman–Crippen MR) is 42.7 cm³/mol. The summed E-state index contributed by atoms with van der Waals surface area (Å²) in [5, 5.41) is 0. The van der Waals surface area contributed by atoms with Crippen molar-refractivity contribution >= 4 is 0 Å². The lowest BCUT2D eigenvalue weighted by Gasteiger charge is -2.31. The van der Waals surface area contributed by atoms with Crippen molar-refractivity contribution in [2.75, 3.05) is 6.54 Å². The molecule has 0 aliphatic heterocycles. The van der Waals surface area contributed by atoms with E-state index >= 15 is 0 Å². The monoisotopic (exact) mass is 139 g/mol. The number of hydrogen-bond acceptors (Lipinski definition) is 1. The molecule has 2 rings (SSSR count). The SMILES string of the molecule is NCC12CCCC(CC1)C2. The van der Waals surface area contributed by atoms with Gasteiger partial charge in [0.2, 0.25) is 0 Å². The van der Waals surface area contributed by atoms with Gasteiger partial charge in [-0.15, -0.1) is 0 Å². The molecule has 2 atom stereocenters. The van der Waals surface area contributed by atoms with Crippen LogP contribution in [0.25, 0.3) is 0 Å². The van der Waals surface area contributed by atoms with Crippen molar-refractivity contribution in [1.82, 2.24) is 0 Å².